The molecule has 0 spiro atoms. The molecule has 5 nitrogen and oxygen atoms in total. The summed E-state index contributed by atoms with van der Waals surface area (Å²) in [6.07, 6.45) is 0. The Morgan fingerprint density at radius 2 is 1.47 bits per heavy atom. The summed E-state index contributed by atoms with van der Waals surface area (Å²) < 4.78 is 93.4. The topological polar surface area (TPSA) is 61.8 Å². The Balaban J connectivity index is 3.99. The molecule has 0 unspecified atom stereocenters. The van der Waals surface area contributed by atoms with E-state index in [4.69, 9.17) is 0 Å². The Bertz CT molecular complexity index is 290. The zero-order valence-electron chi connectivity index (χ0n) is 6.13. The fourth-order valence-electron chi connectivity index (χ4n) is 0.139. The summed E-state index contributed by atoms with van der Waals surface area (Å²) in [6, 6.07) is 0. The van der Waals surface area contributed by atoms with Crippen LogP contribution in [0, 0.1) is 0 Å². The van der Waals surface area contributed by atoms with Crippen LogP contribution in [0.4, 0.5) is 26.3 Å². The molecule has 0 rings (SSSR count). The molecule has 0 aromatic carbocycles. The Hall–Kier alpha value is -0.240. The molecule has 0 aliphatic carbocycles. The van der Waals surface area contributed by atoms with Crippen LogP contribution in [0.2, 0.25) is 0 Å². The van der Waals surface area contributed by atoms with Gasteiger partial charge in [0.2, 0.25) is 0 Å². The van der Waals surface area contributed by atoms with Crippen LogP contribution in [0.5, 0.6) is 0 Å². The minimum Gasteiger partial charge on any atom is -0.187 e. The van der Waals surface area contributed by atoms with Crippen LogP contribution in [-0.4, -0.2) is 19.4 Å². The number of hydrogen-bond donors (Lipinski definition) is 0. The van der Waals surface area contributed by atoms with Crippen molar-refractivity contribution in [3.05, 3.63) is 0 Å². The fourth-order valence-corrected chi connectivity index (χ4v) is 0.485. The third kappa shape index (κ3) is 6.03. The van der Waals surface area contributed by atoms with Gasteiger partial charge in [0.25, 0.3) is 0 Å². The summed E-state index contributed by atoms with van der Waals surface area (Å²) in [5, 5.41) is 2.74. The van der Waals surface area contributed by atoms with Crippen LogP contribution in [0.15, 0.2) is 0 Å². The molecule has 0 heterocycles. The van der Waals surface area contributed by atoms with Gasteiger partial charge in [-0.2, -0.15) is 34.8 Å². The molecule has 0 aliphatic rings. The van der Waals surface area contributed by atoms with E-state index in [1.165, 1.54) is 0 Å². The van der Waals surface area contributed by atoms with Gasteiger partial charge >= 0.3 is 21.1 Å². The Morgan fingerprint density at radius 3 is 1.80 bits per heavy atom. The lowest BCUT2D eigenvalue weighted by molar-refractivity contribution is -0.407. The van der Waals surface area contributed by atoms with Crippen molar-refractivity contribution in [2.75, 3.05) is 0 Å². The van der Waals surface area contributed by atoms with E-state index >= 15 is 0 Å². The van der Waals surface area contributed by atoms with Gasteiger partial charge in [-0.25, -0.2) is 0 Å². The standard InChI is InChI=1S/C2F6O5S2/c3-1(4,5)14-12-11-13-15(9,10)2(6,7)8. The van der Waals surface area contributed by atoms with Crippen molar-refractivity contribution >= 4 is 22.2 Å². The monoisotopic (exact) mass is 282 g/mol. The zero-order chi connectivity index (χ0) is 12.3. The van der Waals surface area contributed by atoms with Crippen LogP contribution in [0.25, 0.3) is 0 Å². The second-order valence-corrected chi connectivity index (χ2v) is 3.91. The third-order valence-corrected chi connectivity index (χ3v) is 1.67. The zero-order valence-corrected chi connectivity index (χ0v) is 7.76. The summed E-state index contributed by atoms with van der Waals surface area (Å²) in [5.74, 6) is 0. The highest BCUT2D eigenvalue weighted by Crippen LogP contribution is 2.32. The third-order valence-electron chi connectivity index (χ3n) is 0.557. The van der Waals surface area contributed by atoms with Gasteiger partial charge in [-0.05, 0) is 5.04 Å². The number of rotatable bonds is 4. The van der Waals surface area contributed by atoms with Crippen molar-refractivity contribution in [1.82, 2.24) is 0 Å². The van der Waals surface area contributed by atoms with Gasteiger partial charge in [0.05, 0.1) is 0 Å². The van der Waals surface area contributed by atoms with Crippen molar-refractivity contribution in [1.29, 1.82) is 0 Å². The van der Waals surface area contributed by atoms with Crippen LogP contribution in [-0.2, 0) is 23.8 Å². The lowest BCUT2D eigenvalue weighted by Crippen LogP contribution is -2.25. The summed E-state index contributed by atoms with van der Waals surface area (Å²) in [4.78, 5) is 0. The first kappa shape index (κ1) is 14.8. The molecule has 0 aromatic rings. The van der Waals surface area contributed by atoms with E-state index in [2.05, 4.69) is 13.7 Å². The molecule has 0 bridgehead atoms. The van der Waals surface area contributed by atoms with E-state index in [1.54, 1.807) is 0 Å². The van der Waals surface area contributed by atoms with E-state index in [-0.39, 0.29) is 0 Å². The number of hydrogen-bond acceptors (Lipinski definition) is 6. The second kappa shape index (κ2) is 4.73. The summed E-state index contributed by atoms with van der Waals surface area (Å²) >= 11 is -1.39. The molecule has 0 fully saturated rings. The van der Waals surface area contributed by atoms with Crippen molar-refractivity contribution < 1.29 is 48.5 Å². The molecule has 15 heavy (non-hydrogen) atoms. The lowest BCUT2D eigenvalue weighted by atomic mass is 11.6. The van der Waals surface area contributed by atoms with Crippen LogP contribution in [0.1, 0.15) is 0 Å². The maximum absolute atomic E-state index is 11.4. The Kier molecular flexibility index (Phi) is 4.66. The highest BCUT2D eigenvalue weighted by molar-refractivity contribution is 7.95. The van der Waals surface area contributed by atoms with Crippen molar-refractivity contribution in [3.8, 4) is 0 Å². The molecular formula is C2F6O5S2. The Labute approximate surface area is 82.5 Å². The van der Waals surface area contributed by atoms with Gasteiger partial charge in [0, 0.05) is 0 Å². The van der Waals surface area contributed by atoms with Gasteiger partial charge in [0.15, 0.2) is 0 Å². The molecule has 0 saturated heterocycles. The summed E-state index contributed by atoms with van der Waals surface area (Å²) in [7, 11) is -6.14. The minimum atomic E-state index is -6.14. The summed E-state index contributed by atoms with van der Waals surface area (Å²) in [6.45, 7) is 0. The SMILES string of the molecule is O=S(=O)(OOOSC(F)(F)F)C(F)(F)F. The maximum Gasteiger partial charge on any atom is 0.525 e. The minimum absolute atomic E-state index is 1.39. The van der Waals surface area contributed by atoms with Gasteiger partial charge < -0.3 is 0 Å². The van der Waals surface area contributed by atoms with Crippen molar-refractivity contribution in [3.63, 3.8) is 0 Å². The van der Waals surface area contributed by atoms with Gasteiger partial charge in [-0.15, -0.1) is 4.33 Å². The van der Waals surface area contributed by atoms with Crippen molar-refractivity contribution in [2.24, 2.45) is 0 Å². The van der Waals surface area contributed by atoms with Gasteiger partial charge in [-0.1, -0.05) is 4.33 Å². The van der Waals surface area contributed by atoms with Crippen LogP contribution < -0.4 is 0 Å². The maximum atomic E-state index is 11.4. The predicted octanol–water partition coefficient (Wildman–Crippen LogP) is 1.88. The van der Waals surface area contributed by atoms with E-state index in [9.17, 15) is 34.8 Å². The fraction of sp³-hybridized carbons (Fsp3) is 1.00. The number of alkyl halides is 6. The van der Waals surface area contributed by atoms with E-state index < -0.39 is 33.2 Å². The second-order valence-electron chi connectivity index (χ2n) is 1.63. The smallest absolute Gasteiger partial charge is 0.187 e. The number of halogens is 6. The van der Waals surface area contributed by atoms with Crippen LogP contribution >= 0.6 is 12.0 Å². The average molecular weight is 282 g/mol. The normalized spacial score (nSPS) is 14.3. The van der Waals surface area contributed by atoms with Crippen LogP contribution in [0.3, 0.4) is 0 Å². The first-order valence-corrected chi connectivity index (χ1v) is 4.69. The molecule has 0 N–H and O–H groups in total. The van der Waals surface area contributed by atoms with E-state index in [0.29, 0.717) is 0 Å². The molecular weight excluding hydrogens is 282 g/mol. The highest BCUT2D eigenvalue weighted by Gasteiger charge is 2.49. The molecule has 0 radical (unpaired) electrons. The molecule has 13 heteroatoms. The molecule has 92 valence electrons. The molecule has 0 amide bonds. The largest absolute Gasteiger partial charge is 0.525 e. The van der Waals surface area contributed by atoms with E-state index in [0.717, 1.165) is 0 Å². The van der Waals surface area contributed by atoms with Gasteiger partial charge in [0.1, 0.15) is 12.0 Å². The molecule has 0 atom stereocenters. The molecule has 0 saturated carbocycles. The quantitative estimate of drug-likeness (QED) is 0.196. The first-order valence-electron chi connectivity index (χ1n) is 2.54. The Morgan fingerprint density at radius 1 is 1.00 bits per heavy atom. The molecule has 0 aromatic heterocycles. The lowest BCUT2D eigenvalue weighted by Gasteiger charge is -2.06. The average Bonchev–Trinajstić information content (AvgIpc) is 1.94. The van der Waals surface area contributed by atoms with E-state index in [1.807, 2.05) is 0 Å². The van der Waals surface area contributed by atoms with Crippen molar-refractivity contribution in [2.45, 2.75) is 11.0 Å². The molecule has 0 aliphatic heterocycles. The van der Waals surface area contributed by atoms with Gasteiger partial charge in [-0.3, -0.25) is 0 Å². The predicted molar refractivity (Wildman–Crippen MR) is 31.9 cm³/mol. The highest BCUT2D eigenvalue weighted by atomic mass is 32.2. The summed E-state index contributed by atoms with van der Waals surface area (Å²) in [5.41, 5.74) is -10.8. The first-order chi connectivity index (χ1) is 6.46.